The maximum absolute atomic E-state index is 13.0. The van der Waals surface area contributed by atoms with Crippen LogP contribution in [0.4, 0.5) is 10.1 Å². The average molecular weight is 418 g/mol. The molecule has 0 saturated carbocycles. The number of amides is 1. The Labute approximate surface area is 177 Å². The molecule has 2 aromatic carbocycles. The first-order valence-corrected chi connectivity index (χ1v) is 10.4. The van der Waals surface area contributed by atoms with Crippen molar-refractivity contribution in [3.63, 3.8) is 0 Å². The van der Waals surface area contributed by atoms with Crippen molar-refractivity contribution in [1.82, 2.24) is 0 Å². The van der Waals surface area contributed by atoms with E-state index >= 15 is 0 Å². The molecule has 2 aromatic rings. The number of carbonyl (C=O) groups is 1. The van der Waals surface area contributed by atoms with Gasteiger partial charge in [-0.15, -0.1) is 0 Å². The van der Waals surface area contributed by atoms with Crippen LogP contribution in [-0.4, -0.2) is 52.3 Å². The number of hydrogen-bond donors (Lipinski definition) is 3. The molecule has 6 nitrogen and oxygen atoms in total. The van der Waals surface area contributed by atoms with Gasteiger partial charge in [0.15, 0.2) is 17.5 Å². The van der Waals surface area contributed by atoms with Crippen molar-refractivity contribution < 1.29 is 28.5 Å². The Bertz CT molecular complexity index is 865. The number of quaternary nitrogens is 2. The average Bonchev–Trinajstić information content (AvgIpc) is 2.76. The first kappa shape index (κ1) is 22.1. The van der Waals surface area contributed by atoms with E-state index < -0.39 is 0 Å². The van der Waals surface area contributed by atoms with Gasteiger partial charge in [-0.1, -0.05) is 0 Å². The minimum absolute atomic E-state index is 0.0317. The van der Waals surface area contributed by atoms with Crippen molar-refractivity contribution in [2.24, 2.45) is 0 Å². The van der Waals surface area contributed by atoms with Crippen LogP contribution in [0.2, 0.25) is 0 Å². The smallest absolute Gasteiger partial charge is 0.282 e. The third kappa shape index (κ3) is 5.29. The molecule has 1 fully saturated rings. The van der Waals surface area contributed by atoms with Gasteiger partial charge in [-0.25, -0.2) is 4.39 Å². The maximum atomic E-state index is 13.0. The lowest BCUT2D eigenvalue weighted by atomic mass is 10.1. The number of halogens is 1. The largest absolute Gasteiger partial charge is 0.493 e. The van der Waals surface area contributed by atoms with Gasteiger partial charge in [0.1, 0.15) is 38.5 Å². The van der Waals surface area contributed by atoms with Crippen molar-refractivity contribution >= 4 is 11.6 Å². The molecular weight excluding hydrogens is 385 g/mol. The van der Waals surface area contributed by atoms with Crippen LogP contribution in [0.3, 0.4) is 0 Å². The van der Waals surface area contributed by atoms with Crippen molar-refractivity contribution in [2.45, 2.75) is 26.4 Å². The number of benzene rings is 2. The van der Waals surface area contributed by atoms with Crippen LogP contribution in [0.5, 0.6) is 11.5 Å². The summed E-state index contributed by atoms with van der Waals surface area (Å²) in [6.07, 6.45) is 0. The fourth-order valence-electron chi connectivity index (χ4n) is 3.99. The van der Waals surface area contributed by atoms with Gasteiger partial charge in [0.05, 0.1) is 14.2 Å². The van der Waals surface area contributed by atoms with Gasteiger partial charge >= 0.3 is 0 Å². The van der Waals surface area contributed by atoms with Crippen LogP contribution >= 0.6 is 0 Å². The molecule has 0 bridgehead atoms. The Morgan fingerprint density at radius 3 is 2.27 bits per heavy atom. The first-order valence-electron chi connectivity index (χ1n) is 10.4. The number of hydrogen-bond acceptors (Lipinski definition) is 3. The Kier molecular flexibility index (Phi) is 7.29. The highest BCUT2D eigenvalue weighted by atomic mass is 19.1. The van der Waals surface area contributed by atoms with Crippen LogP contribution in [0.1, 0.15) is 18.1 Å². The molecule has 0 aliphatic carbocycles. The molecule has 7 heteroatoms. The van der Waals surface area contributed by atoms with Crippen molar-refractivity contribution in [1.29, 1.82) is 0 Å². The van der Waals surface area contributed by atoms with E-state index in [2.05, 4.69) is 18.3 Å². The number of aryl methyl sites for hydroxylation is 1. The number of rotatable bonds is 7. The molecule has 0 radical (unpaired) electrons. The molecule has 3 N–H and O–H groups in total. The van der Waals surface area contributed by atoms with Crippen LogP contribution in [0.25, 0.3) is 0 Å². The van der Waals surface area contributed by atoms with Gasteiger partial charge in [0, 0.05) is 11.3 Å². The van der Waals surface area contributed by atoms with E-state index in [1.165, 1.54) is 33.1 Å². The zero-order chi connectivity index (χ0) is 21.7. The minimum Gasteiger partial charge on any atom is -0.493 e. The summed E-state index contributed by atoms with van der Waals surface area (Å²) in [5.41, 5.74) is 3.08. The van der Waals surface area contributed by atoms with E-state index in [0.717, 1.165) is 44.2 Å². The number of methoxy groups -OCH3 is 2. The quantitative estimate of drug-likeness (QED) is 0.614. The SMILES string of the molecule is COc1cc(C)c(C[NH+]2CC[NH+]([C@H](C)C(=O)Nc3ccc(F)cc3)CC2)cc1OC. The highest BCUT2D eigenvalue weighted by Crippen LogP contribution is 2.29. The lowest BCUT2D eigenvalue weighted by molar-refractivity contribution is -1.02. The summed E-state index contributed by atoms with van der Waals surface area (Å²) < 4.78 is 23.9. The zero-order valence-electron chi connectivity index (χ0n) is 18.2. The lowest BCUT2D eigenvalue weighted by Crippen LogP contribution is -3.29. The summed E-state index contributed by atoms with van der Waals surface area (Å²) in [7, 11) is 3.31. The van der Waals surface area contributed by atoms with Gasteiger partial charge < -0.3 is 24.6 Å². The molecule has 1 aliphatic rings. The fourth-order valence-corrected chi connectivity index (χ4v) is 3.99. The number of anilines is 1. The highest BCUT2D eigenvalue weighted by molar-refractivity contribution is 5.93. The van der Waals surface area contributed by atoms with E-state index in [-0.39, 0.29) is 17.8 Å². The van der Waals surface area contributed by atoms with Crippen LogP contribution in [0.15, 0.2) is 36.4 Å². The minimum atomic E-state index is -0.310. The molecule has 0 unspecified atom stereocenters. The predicted octanol–water partition coefficient (Wildman–Crippen LogP) is 0.462. The van der Waals surface area contributed by atoms with Crippen molar-refractivity contribution in [3.8, 4) is 11.5 Å². The summed E-state index contributed by atoms with van der Waals surface area (Å²) in [5.74, 6) is 1.17. The van der Waals surface area contributed by atoms with Crippen molar-refractivity contribution in [2.75, 3.05) is 45.7 Å². The molecule has 1 saturated heterocycles. The molecule has 1 amide bonds. The predicted molar refractivity (Wildman–Crippen MR) is 114 cm³/mol. The van der Waals surface area contributed by atoms with E-state index in [9.17, 15) is 9.18 Å². The Morgan fingerprint density at radius 2 is 1.67 bits per heavy atom. The van der Waals surface area contributed by atoms with Gasteiger partial charge in [-0.3, -0.25) is 4.79 Å². The van der Waals surface area contributed by atoms with Crippen LogP contribution in [0, 0.1) is 12.7 Å². The summed E-state index contributed by atoms with van der Waals surface area (Å²) in [6, 6.07) is 9.82. The maximum Gasteiger partial charge on any atom is 0.282 e. The third-order valence-electron chi connectivity index (χ3n) is 6.00. The Hall–Kier alpha value is -2.64. The second-order valence-corrected chi connectivity index (χ2v) is 7.94. The summed E-state index contributed by atoms with van der Waals surface area (Å²) in [5, 5.41) is 2.89. The number of piperazine rings is 1. The topological polar surface area (TPSA) is 56.4 Å². The molecule has 1 heterocycles. The third-order valence-corrected chi connectivity index (χ3v) is 6.00. The monoisotopic (exact) mass is 417 g/mol. The van der Waals surface area contributed by atoms with E-state index in [1.807, 2.05) is 13.0 Å². The number of ether oxygens (including phenoxy) is 2. The van der Waals surface area contributed by atoms with E-state index in [4.69, 9.17) is 9.47 Å². The highest BCUT2D eigenvalue weighted by Gasteiger charge is 2.31. The van der Waals surface area contributed by atoms with Gasteiger partial charge in [-0.2, -0.15) is 0 Å². The summed E-state index contributed by atoms with van der Waals surface area (Å²) >= 11 is 0. The standard InChI is InChI=1S/C23H30FN3O3/c1-16-13-21(29-3)22(30-4)14-18(16)15-26-9-11-27(12-10-26)17(2)23(28)25-20-7-5-19(24)6-8-20/h5-8,13-14,17H,9-12,15H2,1-4H3,(H,25,28)/p+2/t17-/m1/s1. The molecule has 3 rings (SSSR count). The van der Waals surface area contributed by atoms with Gasteiger partial charge in [0.2, 0.25) is 0 Å². The molecular formula is C23H32FN3O3+2. The summed E-state index contributed by atoms with van der Waals surface area (Å²) in [6.45, 7) is 8.83. The van der Waals surface area contributed by atoms with Gasteiger partial charge in [0.25, 0.3) is 5.91 Å². The van der Waals surface area contributed by atoms with Crippen molar-refractivity contribution in [3.05, 3.63) is 53.3 Å². The fraction of sp³-hybridized carbons (Fsp3) is 0.435. The van der Waals surface area contributed by atoms with E-state index in [1.54, 1.807) is 26.4 Å². The van der Waals surface area contributed by atoms with E-state index in [0.29, 0.717) is 5.69 Å². The molecule has 1 atom stereocenters. The number of carbonyl (C=O) groups excluding carboxylic acids is 1. The Morgan fingerprint density at radius 1 is 1.07 bits per heavy atom. The number of nitrogens with one attached hydrogen (secondary N) is 3. The molecule has 30 heavy (non-hydrogen) atoms. The van der Waals surface area contributed by atoms with Crippen LogP contribution in [-0.2, 0) is 11.3 Å². The van der Waals surface area contributed by atoms with Gasteiger partial charge in [-0.05, 0) is 55.8 Å². The second-order valence-electron chi connectivity index (χ2n) is 7.94. The zero-order valence-corrected chi connectivity index (χ0v) is 18.2. The molecule has 162 valence electrons. The first-order chi connectivity index (χ1) is 14.4. The van der Waals surface area contributed by atoms with Crippen LogP contribution < -0.4 is 24.6 Å². The molecule has 0 spiro atoms. The second kappa shape index (κ2) is 9.91. The Balaban J connectivity index is 1.54. The molecule has 0 aromatic heterocycles. The molecule has 1 aliphatic heterocycles. The normalized spacial score (nSPS) is 19.8. The summed E-state index contributed by atoms with van der Waals surface area (Å²) in [4.78, 5) is 15.4. The lowest BCUT2D eigenvalue weighted by Gasteiger charge is -2.33.